The lowest BCUT2D eigenvalue weighted by Crippen LogP contribution is -2.46. The molecule has 2 fully saturated rings. The third-order valence-electron chi connectivity index (χ3n) is 3.81. The molecule has 0 aliphatic carbocycles. The summed E-state index contributed by atoms with van der Waals surface area (Å²) in [6, 6.07) is 1.68. The van der Waals surface area contributed by atoms with E-state index in [-0.39, 0.29) is 0 Å². The van der Waals surface area contributed by atoms with E-state index in [1.807, 2.05) is 0 Å². The Labute approximate surface area is 93.8 Å². The molecule has 0 aromatic carbocycles. The van der Waals surface area contributed by atoms with Crippen LogP contribution in [0.25, 0.3) is 0 Å². The van der Waals surface area contributed by atoms with E-state index in [1.165, 1.54) is 38.8 Å². The molecule has 88 valence electrons. The predicted molar refractivity (Wildman–Crippen MR) is 64.2 cm³/mol. The summed E-state index contributed by atoms with van der Waals surface area (Å²) in [6.45, 7) is 4.98. The van der Waals surface area contributed by atoms with Crippen LogP contribution in [-0.2, 0) is 0 Å². The number of rotatable bonds is 4. The molecule has 0 spiro atoms. The molecule has 2 unspecified atom stereocenters. The zero-order valence-corrected chi connectivity index (χ0v) is 10.2. The van der Waals surface area contributed by atoms with Crippen LogP contribution in [0.4, 0.5) is 0 Å². The van der Waals surface area contributed by atoms with E-state index < -0.39 is 0 Å². The molecule has 2 aliphatic heterocycles. The standard InChI is InChI=1S/C12H25N3/c1-14(2)9-6-13-11-5-8-15-7-3-4-12(15)10-11/h11-13H,3-10H2,1-2H3. The van der Waals surface area contributed by atoms with Gasteiger partial charge < -0.3 is 15.1 Å². The van der Waals surface area contributed by atoms with Crippen LogP contribution in [0.1, 0.15) is 25.7 Å². The minimum absolute atomic E-state index is 0.782. The molecular formula is C12H25N3. The van der Waals surface area contributed by atoms with Crippen LogP contribution >= 0.6 is 0 Å². The number of hydrogen-bond donors (Lipinski definition) is 1. The number of piperidine rings is 1. The van der Waals surface area contributed by atoms with Crippen LogP contribution in [0.3, 0.4) is 0 Å². The molecule has 0 saturated carbocycles. The molecule has 2 saturated heterocycles. The van der Waals surface area contributed by atoms with E-state index >= 15 is 0 Å². The Morgan fingerprint density at radius 2 is 2.13 bits per heavy atom. The highest BCUT2D eigenvalue weighted by molar-refractivity contribution is 4.89. The zero-order valence-electron chi connectivity index (χ0n) is 10.2. The molecular weight excluding hydrogens is 186 g/mol. The van der Waals surface area contributed by atoms with E-state index in [0.717, 1.165) is 25.2 Å². The lowest BCUT2D eigenvalue weighted by atomic mass is 9.98. The second-order valence-electron chi connectivity index (χ2n) is 5.31. The van der Waals surface area contributed by atoms with Crippen LogP contribution in [0, 0.1) is 0 Å². The Morgan fingerprint density at radius 3 is 2.93 bits per heavy atom. The molecule has 2 aliphatic rings. The molecule has 1 N–H and O–H groups in total. The lowest BCUT2D eigenvalue weighted by molar-refractivity contribution is 0.166. The van der Waals surface area contributed by atoms with E-state index in [4.69, 9.17) is 0 Å². The van der Waals surface area contributed by atoms with Crippen molar-refractivity contribution >= 4 is 0 Å². The minimum atomic E-state index is 0.782. The first-order valence-corrected chi connectivity index (χ1v) is 6.38. The van der Waals surface area contributed by atoms with Gasteiger partial charge >= 0.3 is 0 Å². The van der Waals surface area contributed by atoms with E-state index in [9.17, 15) is 0 Å². The van der Waals surface area contributed by atoms with Gasteiger partial charge in [-0.15, -0.1) is 0 Å². The van der Waals surface area contributed by atoms with Gasteiger partial charge in [0.2, 0.25) is 0 Å². The van der Waals surface area contributed by atoms with E-state index in [0.29, 0.717) is 0 Å². The van der Waals surface area contributed by atoms with Gasteiger partial charge in [-0.1, -0.05) is 0 Å². The average Bonchev–Trinajstić information content (AvgIpc) is 2.64. The minimum Gasteiger partial charge on any atom is -0.313 e. The van der Waals surface area contributed by atoms with Crippen molar-refractivity contribution in [1.82, 2.24) is 15.1 Å². The van der Waals surface area contributed by atoms with Crippen LogP contribution in [-0.4, -0.2) is 62.2 Å². The predicted octanol–water partition coefficient (Wildman–Crippen LogP) is 0.764. The van der Waals surface area contributed by atoms with Crippen molar-refractivity contribution in [1.29, 1.82) is 0 Å². The van der Waals surface area contributed by atoms with Gasteiger partial charge in [0.1, 0.15) is 0 Å². The Morgan fingerprint density at radius 1 is 1.27 bits per heavy atom. The SMILES string of the molecule is CN(C)CCNC1CCN2CCCC2C1. The number of hydrogen-bond acceptors (Lipinski definition) is 3. The smallest absolute Gasteiger partial charge is 0.0111 e. The summed E-state index contributed by atoms with van der Waals surface area (Å²) in [6.07, 6.45) is 5.60. The molecule has 0 amide bonds. The van der Waals surface area contributed by atoms with Crippen molar-refractivity contribution in [2.45, 2.75) is 37.8 Å². The molecule has 2 rings (SSSR count). The lowest BCUT2D eigenvalue weighted by Gasteiger charge is -2.35. The molecule has 2 atom stereocenters. The van der Waals surface area contributed by atoms with Gasteiger partial charge in [-0.3, -0.25) is 0 Å². The van der Waals surface area contributed by atoms with Crippen molar-refractivity contribution in [2.24, 2.45) is 0 Å². The first kappa shape index (κ1) is 11.4. The number of likely N-dealkylation sites (N-methyl/N-ethyl adjacent to an activating group) is 1. The Kier molecular flexibility index (Phi) is 4.00. The third kappa shape index (κ3) is 3.16. The largest absolute Gasteiger partial charge is 0.313 e. The molecule has 3 heteroatoms. The second-order valence-corrected chi connectivity index (χ2v) is 5.31. The van der Waals surface area contributed by atoms with Crippen molar-refractivity contribution < 1.29 is 0 Å². The van der Waals surface area contributed by atoms with Gasteiger partial charge in [0.15, 0.2) is 0 Å². The summed E-state index contributed by atoms with van der Waals surface area (Å²) in [5, 5.41) is 3.70. The van der Waals surface area contributed by atoms with Crippen molar-refractivity contribution in [3.63, 3.8) is 0 Å². The van der Waals surface area contributed by atoms with Gasteiger partial charge in [-0.05, 0) is 52.9 Å². The van der Waals surface area contributed by atoms with E-state index in [1.54, 1.807) is 0 Å². The highest BCUT2D eigenvalue weighted by atomic mass is 15.2. The van der Waals surface area contributed by atoms with Gasteiger partial charge in [-0.25, -0.2) is 0 Å². The second kappa shape index (κ2) is 5.28. The summed E-state index contributed by atoms with van der Waals surface area (Å²) in [5.74, 6) is 0. The highest BCUT2D eigenvalue weighted by Crippen LogP contribution is 2.26. The Balaban J connectivity index is 1.66. The maximum atomic E-state index is 3.70. The monoisotopic (exact) mass is 211 g/mol. The average molecular weight is 211 g/mol. The Bertz CT molecular complexity index is 193. The summed E-state index contributed by atoms with van der Waals surface area (Å²) in [5.41, 5.74) is 0. The van der Waals surface area contributed by atoms with Gasteiger partial charge in [0.25, 0.3) is 0 Å². The number of nitrogens with zero attached hydrogens (tertiary/aromatic N) is 2. The summed E-state index contributed by atoms with van der Waals surface area (Å²) < 4.78 is 0. The molecule has 0 bridgehead atoms. The fourth-order valence-electron chi connectivity index (χ4n) is 2.90. The Hall–Kier alpha value is -0.120. The van der Waals surface area contributed by atoms with Crippen LogP contribution in [0.5, 0.6) is 0 Å². The molecule has 0 aromatic heterocycles. The number of fused-ring (bicyclic) bond motifs is 1. The van der Waals surface area contributed by atoms with Crippen molar-refractivity contribution in [2.75, 3.05) is 40.3 Å². The third-order valence-corrected chi connectivity index (χ3v) is 3.81. The summed E-state index contributed by atoms with van der Waals surface area (Å²) >= 11 is 0. The van der Waals surface area contributed by atoms with Crippen LogP contribution in [0.15, 0.2) is 0 Å². The topological polar surface area (TPSA) is 18.5 Å². The molecule has 15 heavy (non-hydrogen) atoms. The fourth-order valence-corrected chi connectivity index (χ4v) is 2.90. The van der Waals surface area contributed by atoms with Crippen molar-refractivity contribution in [3.8, 4) is 0 Å². The molecule has 0 radical (unpaired) electrons. The van der Waals surface area contributed by atoms with Crippen molar-refractivity contribution in [3.05, 3.63) is 0 Å². The zero-order chi connectivity index (χ0) is 10.7. The molecule has 2 heterocycles. The van der Waals surface area contributed by atoms with Crippen LogP contribution < -0.4 is 5.32 Å². The number of nitrogens with one attached hydrogen (secondary N) is 1. The first-order valence-electron chi connectivity index (χ1n) is 6.38. The van der Waals surface area contributed by atoms with Gasteiger partial charge in [0, 0.05) is 25.2 Å². The maximum absolute atomic E-state index is 3.70. The normalized spacial score (nSPS) is 32.2. The highest BCUT2D eigenvalue weighted by Gasteiger charge is 2.31. The maximum Gasteiger partial charge on any atom is 0.0111 e. The van der Waals surface area contributed by atoms with E-state index in [2.05, 4.69) is 29.2 Å². The summed E-state index contributed by atoms with van der Waals surface area (Å²) in [7, 11) is 4.28. The van der Waals surface area contributed by atoms with Gasteiger partial charge in [-0.2, -0.15) is 0 Å². The molecule has 3 nitrogen and oxygen atoms in total. The molecule has 0 aromatic rings. The first-order chi connectivity index (χ1) is 7.25. The summed E-state index contributed by atoms with van der Waals surface area (Å²) in [4.78, 5) is 4.93. The van der Waals surface area contributed by atoms with Crippen LogP contribution in [0.2, 0.25) is 0 Å². The fraction of sp³-hybridized carbons (Fsp3) is 1.00. The van der Waals surface area contributed by atoms with Gasteiger partial charge in [0.05, 0.1) is 0 Å². The quantitative estimate of drug-likeness (QED) is 0.741.